The van der Waals surface area contributed by atoms with E-state index in [0.717, 1.165) is 31.1 Å². The van der Waals surface area contributed by atoms with Gasteiger partial charge in [0.15, 0.2) is 0 Å². The fraction of sp³-hybridized carbons (Fsp3) is 0.357. The van der Waals surface area contributed by atoms with Gasteiger partial charge in [-0.05, 0) is 18.4 Å². The Hall–Kier alpha value is -1.84. The van der Waals surface area contributed by atoms with Crippen molar-refractivity contribution in [1.82, 2.24) is 4.90 Å². The standard InChI is InChI=1S/C14H18NO3/c16-11-7-2-1-6-10-15(14(17)18)12-13-8-4-3-5-9-13/h3-5,8-9,11-12H,1-2,6-7,10H2,(H,17,18). The normalized spacial score (nSPS) is 10.0. The highest BCUT2D eigenvalue weighted by molar-refractivity contribution is 5.66. The lowest BCUT2D eigenvalue weighted by molar-refractivity contribution is -0.107. The number of hydrogen-bond acceptors (Lipinski definition) is 2. The molecule has 1 N–H and O–H groups in total. The van der Waals surface area contributed by atoms with Crippen LogP contribution in [0.3, 0.4) is 0 Å². The minimum Gasteiger partial charge on any atom is -0.465 e. The fourth-order valence-electron chi connectivity index (χ4n) is 1.62. The van der Waals surface area contributed by atoms with E-state index < -0.39 is 6.09 Å². The van der Waals surface area contributed by atoms with E-state index in [1.165, 1.54) is 4.90 Å². The van der Waals surface area contributed by atoms with E-state index in [9.17, 15) is 9.59 Å². The number of nitrogens with zero attached hydrogens (tertiary/aromatic N) is 1. The molecule has 97 valence electrons. The van der Waals surface area contributed by atoms with Crippen LogP contribution in [0.1, 0.15) is 31.2 Å². The number of amides is 1. The van der Waals surface area contributed by atoms with Gasteiger partial charge < -0.3 is 9.90 Å². The molecule has 0 aliphatic rings. The Balaban J connectivity index is 2.36. The molecular weight excluding hydrogens is 230 g/mol. The van der Waals surface area contributed by atoms with E-state index in [4.69, 9.17) is 5.11 Å². The van der Waals surface area contributed by atoms with Gasteiger partial charge in [0.25, 0.3) is 0 Å². The number of hydrogen-bond donors (Lipinski definition) is 1. The molecule has 0 aliphatic heterocycles. The van der Waals surface area contributed by atoms with Crippen molar-refractivity contribution < 1.29 is 14.7 Å². The first-order valence-corrected chi connectivity index (χ1v) is 6.07. The van der Waals surface area contributed by atoms with Crippen LogP contribution in [0.25, 0.3) is 0 Å². The molecule has 4 nitrogen and oxygen atoms in total. The van der Waals surface area contributed by atoms with Crippen molar-refractivity contribution in [3.63, 3.8) is 0 Å². The highest BCUT2D eigenvalue weighted by atomic mass is 16.4. The van der Waals surface area contributed by atoms with Crippen LogP contribution in [0, 0.1) is 6.54 Å². The second-order valence-electron chi connectivity index (χ2n) is 4.03. The predicted octanol–water partition coefficient (Wildman–Crippen LogP) is 2.94. The average molecular weight is 248 g/mol. The molecular formula is C14H18NO3. The third kappa shape index (κ3) is 5.48. The molecule has 0 unspecified atom stereocenters. The molecule has 1 aromatic rings. The smallest absolute Gasteiger partial charge is 0.407 e. The van der Waals surface area contributed by atoms with Crippen molar-refractivity contribution in [1.29, 1.82) is 0 Å². The minimum atomic E-state index is -0.950. The van der Waals surface area contributed by atoms with E-state index in [2.05, 4.69) is 0 Å². The Kier molecular flexibility index (Phi) is 6.54. The summed E-state index contributed by atoms with van der Waals surface area (Å²) >= 11 is 0. The highest BCUT2D eigenvalue weighted by Gasteiger charge is 2.11. The minimum absolute atomic E-state index is 0.461. The molecule has 0 saturated heterocycles. The van der Waals surface area contributed by atoms with Gasteiger partial charge in [0.2, 0.25) is 0 Å². The monoisotopic (exact) mass is 248 g/mol. The predicted molar refractivity (Wildman–Crippen MR) is 69.1 cm³/mol. The Morgan fingerprint density at radius 3 is 2.50 bits per heavy atom. The molecule has 1 rings (SSSR count). The molecule has 4 heteroatoms. The van der Waals surface area contributed by atoms with Gasteiger partial charge in [-0.3, -0.25) is 4.90 Å². The summed E-state index contributed by atoms with van der Waals surface area (Å²) in [5, 5.41) is 9.08. The number of carbonyl (C=O) groups excluding carboxylic acids is 1. The summed E-state index contributed by atoms with van der Waals surface area (Å²) < 4.78 is 0. The topological polar surface area (TPSA) is 57.6 Å². The van der Waals surface area contributed by atoms with Crippen LogP contribution in [0.5, 0.6) is 0 Å². The zero-order valence-electron chi connectivity index (χ0n) is 10.3. The van der Waals surface area contributed by atoms with Crippen LogP contribution >= 0.6 is 0 Å². The van der Waals surface area contributed by atoms with Crippen LogP contribution in [-0.4, -0.2) is 28.9 Å². The molecule has 0 spiro atoms. The number of rotatable bonds is 8. The average Bonchev–Trinajstić information content (AvgIpc) is 2.38. The SMILES string of the molecule is O=CCCCCCN([CH]c1ccccc1)C(=O)O. The van der Waals surface area contributed by atoms with Gasteiger partial charge in [0.1, 0.15) is 6.29 Å². The maximum atomic E-state index is 11.1. The highest BCUT2D eigenvalue weighted by Crippen LogP contribution is 2.09. The van der Waals surface area contributed by atoms with Gasteiger partial charge in [-0.2, -0.15) is 0 Å². The second-order valence-corrected chi connectivity index (χ2v) is 4.03. The summed E-state index contributed by atoms with van der Waals surface area (Å²) in [4.78, 5) is 22.5. The molecule has 0 aromatic heterocycles. The first kappa shape index (κ1) is 14.2. The van der Waals surface area contributed by atoms with E-state index in [1.54, 1.807) is 6.54 Å². The van der Waals surface area contributed by atoms with Gasteiger partial charge in [-0.15, -0.1) is 0 Å². The molecule has 1 aromatic carbocycles. The zero-order valence-corrected chi connectivity index (χ0v) is 10.3. The maximum Gasteiger partial charge on any atom is 0.407 e. The molecule has 0 fully saturated rings. The second kappa shape index (κ2) is 8.28. The summed E-state index contributed by atoms with van der Waals surface area (Å²) in [6.45, 7) is 2.09. The van der Waals surface area contributed by atoms with Crippen molar-refractivity contribution in [2.75, 3.05) is 6.54 Å². The van der Waals surface area contributed by atoms with E-state index in [1.807, 2.05) is 30.3 Å². The number of unbranched alkanes of at least 4 members (excludes halogenated alkanes) is 3. The number of carbonyl (C=O) groups is 2. The van der Waals surface area contributed by atoms with Crippen molar-refractivity contribution in [3.8, 4) is 0 Å². The molecule has 0 bridgehead atoms. The van der Waals surface area contributed by atoms with Crippen LogP contribution in [0.4, 0.5) is 4.79 Å². The lowest BCUT2D eigenvalue weighted by Crippen LogP contribution is -2.28. The van der Waals surface area contributed by atoms with Gasteiger partial charge in [-0.25, -0.2) is 4.79 Å². The zero-order chi connectivity index (χ0) is 13.2. The largest absolute Gasteiger partial charge is 0.465 e. The van der Waals surface area contributed by atoms with Crippen molar-refractivity contribution in [3.05, 3.63) is 42.4 Å². The molecule has 0 atom stereocenters. The third-order valence-electron chi connectivity index (χ3n) is 2.57. The molecule has 1 amide bonds. The molecule has 0 aliphatic carbocycles. The lowest BCUT2D eigenvalue weighted by Gasteiger charge is -2.18. The Bertz CT molecular complexity index is 365. The van der Waals surface area contributed by atoms with Crippen LogP contribution in [-0.2, 0) is 4.79 Å². The van der Waals surface area contributed by atoms with Gasteiger partial charge in [0.05, 0.1) is 6.54 Å². The van der Waals surface area contributed by atoms with E-state index in [-0.39, 0.29) is 0 Å². The summed E-state index contributed by atoms with van der Waals surface area (Å²) in [5.41, 5.74) is 0.868. The number of benzene rings is 1. The maximum absolute atomic E-state index is 11.1. The van der Waals surface area contributed by atoms with E-state index in [0.29, 0.717) is 13.0 Å². The molecule has 1 radical (unpaired) electrons. The summed E-state index contributed by atoms with van der Waals surface area (Å²) in [6, 6.07) is 9.36. The molecule has 0 heterocycles. The van der Waals surface area contributed by atoms with Crippen molar-refractivity contribution in [2.45, 2.75) is 25.7 Å². The Labute approximate surface area is 107 Å². The van der Waals surface area contributed by atoms with E-state index >= 15 is 0 Å². The Morgan fingerprint density at radius 2 is 1.89 bits per heavy atom. The van der Waals surface area contributed by atoms with Gasteiger partial charge in [0, 0.05) is 13.0 Å². The summed E-state index contributed by atoms with van der Waals surface area (Å²) in [5.74, 6) is 0. The molecule has 0 saturated carbocycles. The van der Waals surface area contributed by atoms with Crippen molar-refractivity contribution in [2.24, 2.45) is 0 Å². The first-order chi connectivity index (χ1) is 8.74. The van der Waals surface area contributed by atoms with Gasteiger partial charge >= 0.3 is 6.09 Å². The molecule has 18 heavy (non-hydrogen) atoms. The Morgan fingerprint density at radius 1 is 1.17 bits per heavy atom. The van der Waals surface area contributed by atoms with Crippen molar-refractivity contribution >= 4 is 12.4 Å². The van der Waals surface area contributed by atoms with Gasteiger partial charge in [-0.1, -0.05) is 36.8 Å². The first-order valence-electron chi connectivity index (χ1n) is 6.07. The number of aldehydes is 1. The quantitative estimate of drug-likeness (QED) is 0.568. The van der Waals surface area contributed by atoms with Crippen LogP contribution in [0.15, 0.2) is 30.3 Å². The fourth-order valence-corrected chi connectivity index (χ4v) is 1.62. The third-order valence-corrected chi connectivity index (χ3v) is 2.57. The van der Waals surface area contributed by atoms with Crippen LogP contribution < -0.4 is 0 Å². The lowest BCUT2D eigenvalue weighted by atomic mass is 10.2. The van der Waals surface area contributed by atoms with Crippen LogP contribution in [0.2, 0.25) is 0 Å². The summed E-state index contributed by atoms with van der Waals surface area (Å²) in [6.07, 6.45) is 2.95. The number of carboxylic acid groups (broad SMARTS) is 1. The summed E-state index contributed by atoms with van der Waals surface area (Å²) in [7, 11) is 0.